The van der Waals surface area contributed by atoms with Gasteiger partial charge in [-0.05, 0) is 12.8 Å². The molecule has 0 radical (unpaired) electrons. The van der Waals surface area contributed by atoms with Gasteiger partial charge in [0.1, 0.15) is 5.76 Å². The number of oxazole rings is 1. The molecule has 29 heavy (non-hydrogen) atoms. The summed E-state index contributed by atoms with van der Waals surface area (Å²) in [6.45, 7) is 6.26. The van der Waals surface area contributed by atoms with E-state index in [1.807, 2.05) is 0 Å². The molecule has 1 N–H and O–H groups in total. The minimum atomic E-state index is -0.183. The molecule has 2 aromatic heterocycles. The highest BCUT2D eigenvalue weighted by Gasteiger charge is 2.19. The summed E-state index contributed by atoms with van der Waals surface area (Å²) in [6.07, 6.45) is 7.84. The van der Waals surface area contributed by atoms with Crippen LogP contribution in [0.4, 0.5) is 5.13 Å². The summed E-state index contributed by atoms with van der Waals surface area (Å²) in [5.41, 5.74) is -0.0563. The topological polar surface area (TPSA) is 94.3 Å². The summed E-state index contributed by atoms with van der Waals surface area (Å²) in [6, 6.07) is 0. The zero-order chi connectivity index (χ0) is 21.3. The van der Waals surface area contributed by atoms with Crippen LogP contribution in [0.2, 0.25) is 0 Å². The van der Waals surface area contributed by atoms with Crippen LogP contribution in [0.3, 0.4) is 0 Å². The van der Waals surface area contributed by atoms with E-state index >= 15 is 0 Å². The number of thioether (sulfide) groups is 1. The van der Waals surface area contributed by atoms with Crippen molar-refractivity contribution in [3.05, 3.63) is 24.0 Å². The summed E-state index contributed by atoms with van der Waals surface area (Å²) in [5.74, 6) is 1.96. The van der Waals surface area contributed by atoms with Crippen LogP contribution in [0.1, 0.15) is 70.9 Å². The lowest BCUT2D eigenvalue weighted by atomic mass is 9.94. The average molecular weight is 440 g/mol. The van der Waals surface area contributed by atoms with Gasteiger partial charge < -0.3 is 14.5 Å². The molecular weight excluding hydrogens is 410 g/mol. The molecule has 1 amide bonds. The molecular formula is C20H29N3O4S2. The summed E-state index contributed by atoms with van der Waals surface area (Å²) in [7, 11) is 1.39. The van der Waals surface area contributed by atoms with Crippen LogP contribution in [0, 0.1) is 0 Å². The monoisotopic (exact) mass is 439 g/mol. The first-order valence-electron chi connectivity index (χ1n) is 9.68. The maximum absolute atomic E-state index is 12.0. The first-order chi connectivity index (χ1) is 13.8. The Morgan fingerprint density at radius 1 is 1.14 bits per heavy atom. The van der Waals surface area contributed by atoms with Gasteiger partial charge in [-0.25, -0.2) is 9.97 Å². The number of hydrogen-bond acceptors (Lipinski definition) is 8. The lowest BCUT2D eigenvalue weighted by molar-refractivity contribution is -0.140. The number of thiazole rings is 1. The standard InChI is InChI=1S/C20H29N3O4S2/c1-20(2,3)14-11-21-16(27-14)13-28-18-12-22-19(29-18)23-15(24)9-7-5-6-8-10-17(25)26-4/h11-12H,5-10,13H2,1-4H3,(H,22,23,24). The summed E-state index contributed by atoms with van der Waals surface area (Å²) in [5, 5.41) is 3.45. The molecule has 0 fully saturated rings. The van der Waals surface area contributed by atoms with Crippen LogP contribution >= 0.6 is 23.1 Å². The van der Waals surface area contributed by atoms with Crippen molar-refractivity contribution in [2.24, 2.45) is 0 Å². The number of aromatic nitrogens is 2. The Hall–Kier alpha value is -1.87. The Labute approximate surface area is 180 Å². The molecule has 0 unspecified atom stereocenters. The number of hydrogen-bond donors (Lipinski definition) is 1. The highest BCUT2D eigenvalue weighted by Crippen LogP contribution is 2.31. The number of anilines is 1. The Kier molecular flexibility index (Phi) is 9.16. The van der Waals surface area contributed by atoms with Crippen molar-refractivity contribution >= 4 is 40.1 Å². The second-order valence-corrected chi connectivity index (χ2v) is 9.99. The van der Waals surface area contributed by atoms with Gasteiger partial charge in [-0.3, -0.25) is 9.59 Å². The quantitative estimate of drug-likeness (QED) is 0.293. The van der Waals surface area contributed by atoms with Gasteiger partial charge in [-0.15, -0.1) is 11.8 Å². The minimum Gasteiger partial charge on any atom is -0.469 e. The molecule has 0 aliphatic heterocycles. The Morgan fingerprint density at radius 3 is 2.52 bits per heavy atom. The predicted octanol–water partition coefficient (Wildman–Crippen LogP) is 5.17. The molecule has 0 bridgehead atoms. The number of rotatable bonds is 11. The van der Waals surface area contributed by atoms with Crippen LogP contribution in [-0.2, 0) is 25.5 Å². The Morgan fingerprint density at radius 2 is 1.86 bits per heavy atom. The average Bonchev–Trinajstić information content (AvgIpc) is 3.31. The lowest BCUT2D eigenvalue weighted by Gasteiger charge is -2.12. The van der Waals surface area contributed by atoms with Crippen molar-refractivity contribution in [1.82, 2.24) is 9.97 Å². The summed E-state index contributed by atoms with van der Waals surface area (Å²) in [4.78, 5) is 31.6. The molecule has 160 valence electrons. The second kappa shape index (κ2) is 11.3. The molecule has 2 heterocycles. The summed E-state index contributed by atoms with van der Waals surface area (Å²) < 4.78 is 11.4. The number of nitrogens with zero attached hydrogens (tertiary/aromatic N) is 2. The van der Waals surface area contributed by atoms with Gasteiger partial charge in [-0.1, -0.05) is 44.9 Å². The highest BCUT2D eigenvalue weighted by atomic mass is 32.2. The molecule has 2 aromatic rings. The van der Waals surface area contributed by atoms with Gasteiger partial charge >= 0.3 is 5.97 Å². The van der Waals surface area contributed by atoms with E-state index in [2.05, 4.69) is 40.8 Å². The predicted molar refractivity (Wildman–Crippen MR) is 115 cm³/mol. The van der Waals surface area contributed by atoms with Gasteiger partial charge in [-0.2, -0.15) is 0 Å². The molecule has 0 spiro atoms. The van der Waals surface area contributed by atoms with E-state index in [-0.39, 0.29) is 17.3 Å². The SMILES string of the molecule is COC(=O)CCCCCCC(=O)Nc1ncc(SCc2ncc(C(C)(C)C)o2)s1. The third-order valence-corrected chi connectivity index (χ3v) is 6.22. The van der Waals surface area contributed by atoms with Crippen molar-refractivity contribution in [1.29, 1.82) is 0 Å². The maximum Gasteiger partial charge on any atom is 0.305 e. The Bertz CT molecular complexity index is 796. The van der Waals surface area contributed by atoms with E-state index in [1.165, 1.54) is 18.4 Å². The van der Waals surface area contributed by atoms with Crippen molar-refractivity contribution in [3.8, 4) is 0 Å². The van der Waals surface area contributed by atoms with Gasteiger partial charge in [0, 0.05) is 18.3 Å². The van der Waals surface area contributed by atoms with E-state index in [0.29, 0.717) is 29.6 Å². The number of ether oxygens (including phenoxy) is 1. The van der Waals surface area contributed by atoms with E-state index in [1.54, 1.807) is 24.2 Å². The molecule has 0 saturated carbocycles. The lowest BCUT2D eigenvalue weighted by Crippen LogP contribution is -2.10. The van der Waals surface area contributed by atoms with Gasteiger partial charge in [0.25, 0.3) is 0 Å². The third kappa shape index (κ3) is 8.57. The smallest absolute Gasteiger partial charge is 0.305 e. The fraction of sp³-hybridized carbons (Fsp3) is 0.600. The molecule has 0 aromatic carbocycles. The number of esters is 1. The number of carbonyl (C=O) groups is 2. The number of nitrogens with one attached hydrogen (secondary N) is 1. The zero-order valence-electron chi connectivity index (χ0n) is 17.4. The van der Waals surface area contributed by atoms with Crippen LogP contribution in [0.15, 0.2) is 21.0 Å². The minimum absolute atomic E-state index is 0.0358. The number of amides is 1. The number of unbranched alkanes of at least 4 members (excludes halogenated alkanes) is 3. The van der Waals surface area contributed by atoms with Crippen LogP contribution < -0.4 is 5.32 Å². The van der Waals surface area contributed by atoms with Crippen molar-refractivity contribution in [2.45, 2.75) is 74.7 Å². The van der Waals surface area contributed by atoms with Crippen molar-refractivity contribution in [3.63, 3.8) is 0 Å². The molecule has 0 atom stereocenters. The van der Waals surface area contributed by atoms with Crippen molar-refractivity contribution in [2.75, 3.05) is 12.4 Å². The fourth-order valence-electron chi connectivity index (χ4n) is 2.43. The van der Waals surface area contributed by atoms with Crippen LogP contribution in [-0.4, -0.2) is 29.0 Å². The fourth-order valence-corrected chi connectivity index (χ4v) is 4.17. The maximum atomic E-state index is 12.0. The highest BCUT2D eigenvalue weighted by molar-refractivity contribution is 8.00. The zero-order valence-corrected chi connectivity index (χ0v) is 19.1. The van der Waals surface area contributed by atoms with E-state index in [0.717, 1.165) is 35.7 Å². The molecule has 7 nitrogen and oxygen atoms in total. The van der Waals surface area contributed by atoms with E-state index in [4.69, 9.17) is 4.42 Å². The normalized spacial score (nSPS) is 11.4. The van der Waals surface area contributed by atoms with Crippen LogP contribution in [0.5, 0.6) is 0 Å². The van der Waals surface area contributed by atoms with E-state index < -0.39 is 0 Å². The number of methoxy groups -OCH3 is 1. The first kappa shape index (κ1) is 23.4. The molecule has 9 heteroatoms. The number of carbonyl (C=O) groups excluding carboxylic acids is 2. The van der Waals surface area contributed by atoms with Gasteiger partial charge in [0.15, 0.2) is 5.13 Å². The largest absolute Gasteiger partial charge is 0.469 e. The molecule has 2 rings (SSSR count). The van der Waals surface area contributed by atoms with Gasteiger partial charge in [0.2, 0.25) is 11.8 Å². The molecule has 0 aliphatic carbocycles. The molecule has 0 saturated heterocycles. The molecule has 0 aliphatic rings. The summed E-state index contributed by atoms with van der Waals surface area (Å²) >= 11 is 3.03. The second-order valence-electron chi connectivity index (χ2n) is 7.68. The van der Waals surface area contributed by atoms with E-state index in [9.17, 15) is 9.59 Å². The Balaban J connectivity index is 1.65. The third-order valence-electron chi connectivity index (χ3n) is 4.12. The van der Waals surface area contributed by atoms with Crippen LogP contribution in [0.25, 0.3) is 0 Å². The van der Waals surface area contributed by atoms with Crippen molar-refractivity contribution < 1.29 is 18.7 Å². The first-order valence-corrected chi connectivity index (χ1v) is 11.5. The van der Waals surface area contributed by atoms with Gasteiger partial charge in [0.05, 0.1) is 29.5 Å².